The van der Waals surface area contributed by atoms with Crippen LogP contribution in [0.4, 0.5) is 4.79 Å². The van der Waals surface area contributed by atoms with Crippen molar-refractivity contribution in [3.63, 3.8) is 0 Å². The van der Waals surface area contributed by atoms with Crippen LogP contribution in [0.5, 0.6) is 0 Å². The molecule has 0 bridgehead atoms. The fourth-order valence-electron chi connectivity index (χ4n) is 2.21. The lowest BCUT2D eigenvalue weighted by molar-refractivity contribution is 0.0963. The third-order valence-corrected chi connectivity index (χ3v) is 4.36. The largest absolute Gasteiger partial charge is 0.355 e. The topological polar surface area (TPSA) is 74.3 Å². The highest BCUT2D eigenvalue weighted by atomic mass is 32.1. The molecule has 0 radical (unpaired) electrons. The first-order valence-corrected chi connectivity index (χ1v) is 8.58. The van der Waals surface area contributed by atoms with Crippen molar-refractivity contribution in [3.8, 4) is 0 Å². The molecule has 7 heteroatoms. The van der Waals surface area contributed by atoms with Crippen LogP contribution in [0, 0.1) is 6.92 Å². The minimum absolute atomic E-state index is 0.120. The maximum Gasteiger partial charge on any atom is 0.317 e. The van der Waals surface area contributed by atoms with Gasteiger partial charge < -0.3 is 15.5 Å². The standard InChI is InChI=1S/C17H22N4O2S/c1-12-20-15(11-24-12)8-9-19-17(23)21(3)10-13-4-6-14(7-5-13)16(22)18-2/h4-7,11H,8-10H2,1-3H3,(H,18,22)(H,19,23). The zero-order valence-corrected chi connectivity index (χ0v) is 14.9. The summed E-state index contributed by atoms with van der Waals surface area (Å²) in [5.41, 5.74) is 2.58. The number of thiazole rings is 1. The normalized spacial score (nSPS) is 10.3. The average Bonchev–Trinajstić information content (AvgIpc) is 3.00. The summed E-state index contributed by atoms with van der Waals surface area (Å²) in [6, 6.07) is 7.09. The van der Waals surface area contributed by atoms with Crippen molar-refractivity contribution in [2.45, 2.75) is 19.9 Å². The van der Waals surface area contributed by atoms with Gasteiger partial charge in [0.1, 0.15) is 0 Å². The van der Waals surface area contributed by atoms with E-state index in [1.54, 1.807) is 42.5 Å². The Kier molecular flexibility index (Phi) is 6.31. The number of urea groups is 1. The number of hydrogen-bond acceptors (Lipinski definition) is 4. The molecule has 2 aromatic rings. The molecule has 0 unspecified atom stereocenters. The molecule has 1 aromatic heterocycles. The van der Waals surface area contributed by atoms with E-state index in [1.807, 2.05) is 24.4 Å². The van der Waals surface area contributed by atoms with E-state index in [-0.39, 0.29) is 11.9 Å². The Morgan fingerprint density at radius 3 is 2.54 bits per heavy atom. The Morgan fingerprint density at radius 1 is 1.25 bits per heavy atom. The van der Waals surface area contributed by atoms with Gasteiger partial charge in [0.2, 0.25) is 0 Å². The second-order valence-corrected chi connectivity index (χ2v) is 6.53. The van der Waals surface area contributed by atoms with E-state index >= 15 is 0 Å². The summed E-state index contributed by atoms with van der Waals surface area (Å²) in [7, 11) is 3.34. The number of nitrogens with zero attached hydrogens (tertiary/aromatic N) is 2. The third kappa shape index (κ3) is 5.06. The van der Waals surface area contributed by atoms with Crippen LogP contribution in [0.3, 0.4) is 0 Å². The SMILES string of the molecule is CNC(=O)c1ccc(CN(C)C(=O)NCCc2csc(C)n2)cc1. The van der Waals surface area contributed by atoms with Crippen LogP contribution in [0.2, 0.25) is 0 Å². The van der Waals surface area contributed by atoms with Crippen molar-refractivity contribution < 1.29 is 9.59 Å². The van der Waals surface area contributed by atoms with Gasteiger partial charge in [-0.1, -0.05) is 12.1 Å². The Bertz CT molecular complexity index is 697. The number of hydrogen-bond donors (Lipinski definition) is 2. The Hall–Kier alpha value is -2.41. The van der Waals surface area contributed by atoms with Crippen molar-refractivity contribution >= 4 is 23.3 Å². The van der Waals surface area contributed by atoms with Crippen molar-refractivity contribution in [2.75, 3.05) is 20.6 Å². The number of aromatic nitrogens is 1. The highest BCUT2D eigenvalue weighted by molar-refractivity contribution is 7.09. The Balaban J connectivity index is 1.79. The predicted molar refractivity (Wildman–Crippen MR) is 95.3 cm³/mol. The van der Waals surface area contributed by atoms with E-state index < -0.39 is 0 Å². The molecular formula is C17H22N4O2S. The predicted octanol–water partition coefficient (Wildman–Crippen LogP) is 2.20. The van der Waals surface area contributed by atoms with Crippen LogP contribution >= 0.6 is 11.3 Å². The maximum atomic E-state index is 12.1. The average molecular weight is 346 g/mol. The van der Waals surface area contributed by atoms with Gasteiger partial charge in [-0.3, -0.25) is 4.79 Å². The quantitative estimate of drug-likeness (QED) is 0.842. The zero-order chi connectivity index (χ0) is 17.5. The minimum atomic E-state index is -0.127. The molecule has 2 rings (SSSR count). The second-order valence-electron chi connectivity index (χ2n) is 5.47. The number of amides is 3. The smallest absolute Gasteiger partial charge is 0.317 e. The molecule has 0 saturated carbocycles. The number of rotatable bonds is 6. The summed E-state index contributed by atoms with van der Waals surface area (Å²) < 4.78 is 0. The van der Waals surface area contributed by atoms with Gasteiger partial charge in [0.25, 0.3) is 5.91 Å². The Morgan fingerprint density at radius 2 is 1.96 bits per heavy atom. The van der Waals surface area contributed by atoms with Crippen molar-refractivity contribution in [2.24, 2.45) is 0 Å². The lowest BCUT2D eigenvalue weighted by Gasteiger charge is -2.18. The number of carbonyl (C=O) groups excluding carboxylic acids is 2. The molecule has 0 aliphatic rings. The van der Waals surface area contributed by atoms with Gasteiger partial charge in [-0.05, 0) is 24.6 Å². The maximum absolute atomic E-state index is 12.1. The summed E-state index contributed by atoms with van der Waals surface area (Å²) in [4.78, 5) is 29.6. The molecule has 1 heterocycles. The highest BCUT2D eigenvalue weighted by Gasteiger charge is 2.10. The molecule has 24 heavy (non-hydrogen) atoms. The van der Waals surface area contributed by atoms with Crippen LogP contribution < -0.4 is 10.6 Å². The van der Waals surface area contributed by atoms with Gasteiger partial charge >= 0.3 is 6.03 Å². The molecule has 3 amide bonds. The van der Waals surface area contributed by atoms with Crippen LogP contribution in [-0.2, 0) is 13.0 Å². The number of nitrogens with one attached hydrogen (secondary N) is 2. The molecular weight excluding hydrogens is 324 g/mol. The fourth-order valence-corrected chi connectivity index (χ4v) is 2.85. The summed E-state index contributed by atoms with van der Waals surface area (Å²) >= 11 is 1.61. The van der Waals surface area contributed by atoms with E-state index in [1.165, 1.54) is 0 Å². The van der Waals surface area contributed by atoms with Crippen molar-refractivity contribution in [3.05, 3.63) is 51.5 Å². The summed E-state index contributed by atoms with van der Waals surface area (Å²) in [5.74, 6) is -0.120. The summed E-state index contributed by atoms with van der Waals surface area (Å²) in [6.45, 7) is 3.01. The molecule has 0 saturated heterocycles. The number of benzene rings is 1. The third-order valence-electron chi connectivity index (χ3n) is 3.53. The highest BCUT2D eigenvalue weighted by Crippen LogP contribution is 2.09. The molecule has 128 valence electrons. The molecule has 0 fully saturated rings. The molecule has 1 aromatic carbocycles. The molecule has 2 N–H and O–H groups in total. The first kappa shape index (κ1) is 17.9. The van der Waals surface area contributed by atoms with E-state index in [9.17, 15) is 9.59 Å². The van der Waals surface area contributed by atoms with Gasteiger partial charge in [0.05, 0.1) is 10.7 Å². The monoisotopic (exact) mass is 346 g/mol. The lowest BCUT2D eigenvalue weighted by atomic mass is 10.1. The lowest BCUT2D eigenvalue weighted by Crippen LogP contribution is -2.37. The molecule has 0 spiro atoms. The van der Waals surface area contributed by atoms with Gasteiger partial charge in [0.15, 0.2) is 0 Å². The van der Waals surface area contributed by atoms with Gasteiger partial charge in [-0.2, -0.15) is 0 Å². The van der Waals surface area contributed by atoms with Crippen LogP contribution in [0.25, 0.3) is 0 Å². The van der Waals surface area contributed by atoms with Gasteiger partial charge in [0, 0.05) is 44.5 Å². The van der Waals surface area contributed by atoms with Gasteiger partial charge in [-0.25, -0.2) is 9.78 Å². The first-order valence-electron chi connectivity index (χ1n) is 7.70. The summed E-state index contributed by atoms with van der Waals surface area (Å²) in [5, 5.41) is 8.52. The van der Waals surface area contributed by atoms with Crippen molar-refractivity contribution in [1.29, 1.82) is 0 Å². The molecule has 0 aliphatic heterocycles. The van der Waals surface area contributed by atoms with Crippen molar-refractivity contribution in [1.82, 2.24) is 20.5 Å². The molecule has 0 atom stereocenters. The Labute approximate surface area is 145 Å². The van der Waals surface area contributed by atoms with Crippen LogP contribution in [0.15, 0.2) is 29.6 Å². The van der Waals surface area contributed by atoms with E-state index in [2.05, 4.69) is 15.6 Å². The second kappa shape index (κ2) is 8.44. The number of carbonyl (C=O) groups is 2. The van der Waals surface area contributed by atoms with Gasteiger partial charge in [-0.15, -0.1) is 11.3 Å². The minimum Gasteiger partial charge on any atom is -0.355 e. The van der Waals surface area contributed by atoms with Crippen LogP contribution in [-0.4, -0.2) is 42.5 Å². The van der Waals surface area contributed by atoms with E-state index in [0.717, 1.165) is 22.7 Å². The number of aryl methyl sites for hydroxylation is 1. The summed E-state index contributed by atoms with van der Waals surface area (Å²) in [6.07, 6.45) is 0.727. The molecule has 6 nitrogen and oxygen atoms in total. The zero-order valence-electron chi connectivity index (χ0n) is 14.1. The fraction of sp³-hybridized carbons (Fsp3) is 0.353. The van der Waals surface area contributed by atoms with E-state index in [4.69, 9.17) is 0 Å². The van der Waals surface area contributed by atoms with E-state index in [0.29, 0.717) is 18.7 Å². The first-order chi connectivity index (χ1) is 11.5. The molecule has 0 aliphatic carbocycles. The van der Waals surface area contributed by atoms with Crippen LogP contribution in [0.1, 0.15) is 26.6 Å².